The molecule has 1 rings (SSSR count). The van der Waals surface area contributed by atoms with Crippen LogP contribution < -0.4 is 0 Å². The molecule has 4 heteroatoms. The molecule has 0 aromatic heterocycles. The van der Waals surface area contributed by atoms with Crippen molar-refractivity contribution < 1.29 is 4.39 Å². The molecule has 0 bridgehead atoms. The summed E-state index contributed by atoms with van der Waals surface area (Å²) in [6.07, 6.45) is 3.56. The molecule has 0 radical (unpaired) electrons. The van der Waals surface area contributed by atoms with E-state index < -0.39 is 0 Å². The monoisotopic (exact) mass is 205 g/mol. The molecule has 0 aliphatic rings. The van der Waals surface area contributed by atoms with Crippen LogP contribution in [0.3, 0.4) is 0 Å². The van der Waals surface area contributed by atoms with Gasteiger partial charge >= 0.3 is 0 Å². The summed E-state index contributed by atoms with van der Waals surface area (Å²) >= 11 is 0. The summed E-state index contributed by atoms with van der Waals surface area (Å²) in [5, 5.41) is 3.37. The minimum absolute atomic E-state index is 0.165. The molecule has 0 saturated heterocycles. The van der Waals surface area contributed by atoms with Gasteiger partial charge in [0, 0.05) is 11.5 Å². The van der Waals surface area contributed by atoms with E-state index in [0.717, 1.165) is 5.56 Å². The van der Waals surface area contributed by atoms with Crippen LogP contribution in [0.4, 0.5) is 4.39 Å². The highest BCUT2D eigenvalue weighted by Crippen LogP contribution is 2.15. The first-order valence-electron chi connectivity index (χ1n) is 4.59. The van der Waals surface area contributed by atoms with E-state index in [1.807, 2.05) is 6.08 Å². The molecular formula is C11H12FN3. The minimum atomic E-state index is -0.165. The summed E-state index contributed by atoms with van der Waals surface area (Å²) in [5.41, 5.74) is 10.2. The van der Waals surface area contributed by atoms with E-state index in [-0.39, 0.29) is 5.82 Å². The van der Waals surface area contributed by atoms with Gasteiger partial charge in [0.05, 0.1) is 0 Å². The van der Waals surface area contributed by atoms with Crippen LogP contribution in [0, 0.1) is 19.7 Å². The fourth-order valence-corrected chi connectivity index (χ4v) is 1.35. The number of hydrogen-bond donors (Lipinski definition) is 0. The molecule has 78 valence electrons. The molecule has 0 N–H and O–H groups in total. The van der Waals surface area contributed by atoms with Crippen LogP contribution in [0.1, 0.15) is 16.7 Å². The number of nitrogens with zero attached hydrogens (tertiary/aromatic N) is 3. The van der Waals surface area contributed by atoms with E-state index in [9.17, 15) is 4.39 Å². The maximum atomic E-state index is 13.3. The standard InChI is InChI=1S/C11H12FN3/c1-8-6-10(4-3-5-14-15-13)7-9(2)11(8)12/h3-4,6-7H,5H2,1-2H3. The van der Waals surface area contributed by atoms with Crippen molar-refractivity contribution >= 4 is 6.08 Å². The molecule has 0 aliphatic carbocycles. The number of hydrogen-bond acceptors (Lipinski definition) is 1. The van der Waals surface area contributed by atoms with Crippen molar-refractivity contribution in [3.63, 3.8) is 0 Å². The molecule has 0 atom stereocenters. The van der Waals surface area contributed by atoms with Crippen molar-refractivity contribution in [3.8, 4) is 0 Å². The molecule has 0 unspecified atom stereocenters. The quantitative estimate of drug-likeness (QED) is 0.410. The Bertz CT molecular complexity index is 408. The van der Waals surface area contributed by atoms with Crippen molar-refractivity contribution in [1.29, 1.82) is 0 Å². The summed E-state index contributed by atoms with van der Waals surface area (Å²) in [6, 6.07) is 3.52. The second kappa shape index (κ2) is 5.17. The largest absolute Gasteiger partial charge is 0.206 e. The van der Waals surface area contributed by atoms with E-state index in [4.69, 9.17) is 5.53 Å². The van der Waals surface area contributed by atoms with E-state index in [2.05, 4.69) is 10.0 Å². The van der Waals surface area contributed by atoms with Crippen molar-refractivity contribution in [1.82, 2.24) is 0 Å². The zero-order valence-corrected chi connectivity index (χ0v) is 8.74. The van der Waals surface area contributed by atoms with Gasteiger partial charge in [0.2, 0.25) is 0 Å². The third-order valence-corrected chi connectivity index (χ3v) is 2.02. The van der Waals surface area contributed by atoms with Gasteiger partial charge in [0.1, 0.15) is 5.82 Å². The molecule has 0 amide bonds. The molecule has 1 aromatic rings. The third kappa shape index (κ3) is 3.11. The Morgan fingerprint density at radius 2 is 2.00 bits per heavy atom. The van der Waals surface area contributed by atoms with E-state index in [1.165, 1.54) is 0 Å². The lowest BCUT2D eigenvalue weighted by Gasteiger charge is -2.02. The van der Waals surface area contributed by atoms with Gasteiger partial charge in [-0.25, -0.2) is 4.39 Å². The molecule has 0 heterocycles. The Morgan fingerprint density at radius 3 is 2.53 bits per heavy atom. The minimum Gasteiger partial charge on any atom is -0.206 e. The number of aryl methyl sites for hydroxylation is 2. The zero-order valence-electron chi connectivity index (χ0n) is 8.74. The van der Waals surface area contributed by atoms with Gasteiger partial charge in [-0.15, -0.1) is 0 Å². The summed E-state index contributed by atoms with van der Waals surface area (Å²) in [5.74, 6) is -0.165. The van der Waals surface area contributed by atoms with Gasteiger partial charge in [-0.05, 0) is 48.2 Å². The van der Waals surface area contributed by atoms with Crippen molar-refractivity contribution in [2.75, 3.05) is 6.54 Å². The second-order valence-corrected chi connectivity index (χ2v) is 3.28. The summed E-state index contributed by atoms with van der Waals surface area (Å²) in [7, 11) is 0. The average Bonchev–Trinajstić information content (AvgIpc) is 2.21. The number of benzene rings is 1. The molecule has 0 aliphatic heterocycles. The summed E-state index contributed by atoms with van der Waals surface area (Å²) < 4.78 is 13.3. The highest BCUT2D eigenvalue weighted by Gasteiger charge is 2.01. The van der Waals surface area contributed by atoms with Gasteiger partial charge < -0.3 is 0 Å². The Labute approximate surface area is 87.9 Å². The Hall–Kier alpha value is -1.80. The average molecular weight is 205 g/mol. The van der Waals surface area contributed by atoms with Crippen molar-refractivity contribution in [3.05, 3.63) is 51.2 Å². The van der Waals surface area contributed by atoms with Crippen molar-refractivity contribution in [2.24, 2.45) is 5.11 Å². The van der Waals surface area contributed by atoms with Crippen LogP contribution in [0.15, 0.2) is 23.3 Å². The Morgan fingerprint density at radius 1 is 1.40 bits per heavy atom. The molecule has 15 heavy (non-hydrogen) atoms. The third-order valence-electron chi connectivity index (χ3n) is 2.02. The number of halogens is 1. The topological polar surface area (TPSA) is 48.8 Å². The molecular weight excluding hydrogens is 193 g/mol. The van der Waals surface area contributed by atoms with Crippen LogP contribution in [0.5, 0.6) is 0 Å². The first-order chi connectivity index (χ1) is 7.15. The van der Waals surface area contributed by atoms with Gasteiger partial charge in [0.25, 0.3) is 0 Å². The van der Waals surface area contributed by atoms with Crippen LogP contribution in [-0.2, 0) is 0 Å². The molecule has 0 fully saturated rings. The molecule has 0 saturated carbocycles. The fraction of sp³-hybridized carbons (Fsp3) is 0.273. The highest BCUT2D eigenvalue weighted by molar-refractivity contribution is 5.52. The van der Waals surface area contributed by atoms with Crippen LogP contribution in [0.2, 0.25) is 0 Å². The van der Waals surface area contributed by atoms with E-state index in [0.29, 0.717) is 17.7 Å². The SMILES string of the molecule is Cc1cc(C=CCN=[N+]=[N-])cc(C)c1F. The maximum absolute atomic E-state index is 13.3. The molecule has 1 aromatic carbocycles. The predicted octanol–water partition coefficient (Wildman–Crippen LogP) is 3.77. The lowest BCUT2D eigenvalue weighted by Crippen LogP contribution is -1.88. The van der Waals surface area contributed by atoms with Gasteiger partial charge in [-0.1, -0.05) is 17.3 Å². The van der Waals surface area contributed by atoms with E-state index >= 15 is 0 Å². The smallest absolute Gasteiger partial charge is 0.129 e. The first kappa shape index (κ1) is 11.3. The summed E-state index contributed by atoms with van der Waals surface area (Å²) in [6.45, 7) is 3.77. The van der Waals surface area contributed by atoms with Gasteiger partial charge in [-0.3, -0.25) is 0 Å². The number of azide groups is 1. The van der Waals surface area contributed by atoms with E-state index in [1.54, 1.807) is 32.1 Å². The first-order valence-corrected chi connectivity index (χ1v) is 4.59. The highest BCUT2D eigenvalue weighted by atomic mass is 19.1. The lowest BCUT2D eigenvalue weighted by molar-refractivity contribution is 0.609. The normalized spacial score (nSPS) is 10.3. The fourth-order valence-electron chi connectivity index (χ4n) is 1.35. The predicted molar refractivity (Wildman–Crippen MR) is 58.9 cm³/mol. The van der Waals surface area contributed by atoms with Crippen LogP contribution in [-0.4, -0.2) is 6.54 Å². The van der Waals surface area contributed by atoms with Crippen molar-refractivity contribution in [2.45, 2.75) is 13.8 Å². The Kier molecular flexibility index (Phi) is 3.89. The zero-order chi connectivity index (χ0) is 11.3. The Balaban J connectivity index is 2.87. The number of rotatable bonds is 3. The lowest BCUT2D eigenvalue weighted by atomic mass is 10.1. The van der Waals surface area contributed by atoms with Gasteiger partial charge in [-0.2, -0.15) is 0 Å². The second-order valence-electron chi connectivity index (χ2n) is 3.28. The summed E-state index contributed by atoms with van der Waals surface area (Å²) in [4.78, 5) is 2.63. The van der Waals surface area contributed by atoms with Crippen LogP contribution >= 0.6 is 0 Å². The molecule has 3 nitrogen and oxygen atoms in total. The maximum Gasteiger partial charge on any atom is 0.129 e. The van der Waals surface area contributed by atoms with Crippen LogP contribution in [0.25, 0.3) is 16.5 Å². The molecule has 0 spiro atoms. The van der Waals surface area contributed by atoms with Gasteiger partial charge in [0.15, 0.2) is 0 Å².